The molecule has 0 aliphatic heterocycles. The fourth-order valence-electron chi connectivity index (χ4n) is 1.11. The molecule has 2 aromatic rings. The lowest BCUT2D eigenvalue weighted by molar-refractivity contribution is 0.102. The third-order valence-corrected chi connectivity index (χ3v) is 2.83. The number of amides is 1. The minimum atomic E-state index is -0.308. The van der Waals surface area contributed by atoms with Crippen molar-refractivity contribution >= 4 is 34.0 Å². The molecule has 0 bridgehead atoms. The summed E-state index contributed by atoms with van der Waals surface area (Å²) in [6.07, 6.45) is 1.70. The van der Waals surface area contributed by atoms with E-state index in [-0.39, 0.29) is 11.6 Å². The van der Waals surface area contributed by atoms with E-state index in [9.17, 15) is 4.79 Å². The molecule has 0 spiro atoms. The lowest BCUT2D eigenvalue weighted by Crippen LogP contribution is -2.13. The molecule has 0 aliphatic carbocycles. The monoisotopic (exact) mass is 253 g/mol. The van der Waals surface area contributed by atoms with Crippen LogP contribution in [0.5, 0.6) is 0 Å². The van der Waals surface area contributed by atoms with Gasteiger partial charge in [0.1, 0.15) is 10.8 Å². The molecule has 4 nitrogen and oxygen atoms in total. The zero-order valence-corrected chi connectivity index (χ0v) is 9.97. The lowest BCUT2D eigenvalue weighted by Gasteiger charge is -2.00. The van der Waals surface area contributed by atoms with Crippen LogP contribution < -0.4 is 5.32 Å². The number of aryl methyl sites for hydroxylation is 1. The summed E-state index contributed by atoms with van der Waals surface area (Å²) in [7, 11) is 0. The quantitative estimate of drug-likeness (QED) is 0.838. The van der Waals surface area contributed by atoms with Crippen LogP contribution in [-0.2, 0) is 0 Å². The summed E-state index contributed by atoms with van der Waals surface area (Å²) in [5.74, 6) is -0.308. The van der Waals surface area contributed by atoms with Crippen molar-refractivity contribution in [3.05, 3.63) is 40.1 Å². The molecule has 2 heterocycles. The molecule has 0 aliphatic rings. The zero-order valence-electron chi connectivity index (χ0n) is 8.40. The number of nitrogens with one attached hydrogen (secondary N) is 1. The Bertz CT molecular complexity index is 526. The van der Waals surface area contributed by atoms with Gasteiger partial charge in [-0.15, -0.1) is 11.3 Å². The van der Waals surface area contributed by atoms with Gasteiger partial charge in [-0.1, -0.05) is 17.7 Å². The number of halogens is 1. The first-order chi connectivity index (χ1) is 7.65. The molecule has 16 heavy (non-hydrogen) atoms. The van der Waals surface area contributed by atoms with E-state index in [4.69, 9.17) is 11.6 Å². The smallest absolute Gasteiger partial charge is 0.276 e. The van der Waals surface area contributed by atoms with Crippen LogP contribution in [0.2, 0.25) is 5.15 Å². The largest absolute Gasteiger partial charge is 0.296 e. The summed E-state index contributed by atoms with van der Waals surface area (Å²) in [5.41, 5.74) is 0.278. The number of carbonyl (C=O) groups excluding carboxylic acids is 1. The molecule has 0 aromatic carbocycles. The predicted molar refractivity (Wildman–Crippen MR) is 64.1 cm³/mol. The van der Waals surface area contributed by atoms with Gasteiger partial charge in [-0.2, -0.15) is 0 Å². The number of hydrogen-bond acceptors (Lipinski definition) is 4. The van der Waals surface area contributed by atoms with Crippen molar-refractivity contribution in [2.45, 2.75) is 6.92 Å². The summed E-state index contributed by atoms with van der Waals surface area (Å²) in [6, 6.07) is 4.89. The van der Waals surface area contributed by atoms with Crippen molar-refractivity contribution < 1.29 is 4.79 Å². The molecule has 0 radical (unpaired) electrons. The minimum Gasteiger partial charge on any atom is -0.296 e. The number of rotatable bonds is 2. The van der Waals surface area contributed by atoms with Crippen LogP contribution in [0.4, 0.5) is 5.13 Å². The highest BCUT2D eigenvalue weighted by Gasteiger charge is 2.09. The SMILES string of the molecule is Cc1cnc(NC(=O)c2cccc(Cl)n2)s1. The van der Waals surface area contributed by atoms with E-state index in [1.54, 1.807) is 24.4 Å². The first-order valence-electron chi connectivity index (χ1n) is 4.51. The highest BCUT2D eigenvalue weighted by molar-refractivity contribution is 7.15. The Hall–Kier alpha value is -1.46. The van der Waals surface area contributed by atoms with Crippen LogP contribution in [0.25, 0.3) is 0 Å². The maximum Gasteiger partial charge on any atom is 0.276 e. The van der Waals surface area contributed by atoms with E-state index in [0.29, 0.717) is 10.3 Å². The number of carbonyl (C=O) groups is 1. The Balaban J connectivity index is 2.14. The molecule has 2 rings (SSSR count). The van der Waals surface area contributed by atoms with E-state index in [2.05, 4.69) is 15.3 Å². The second-order valence-electron chi connectivity index (χ2n) is 3.08. The maximum atomic E-state index is 11.7. The number of aromatic nitrogens is 2. The van der Waals surface area contributed by atoms with Gasteiger partial charge in [0, 0.05) is 11.1 Å². The maximum absolute atomic E-state index is 11.7. The molecule has 1 N–H and O–H groups in total. The van der Waals surface area contributed by atoms with Crippen molar-refractivity contribution in [3.8, 4) is 0 Å². The number of thiazole rings is 1. The standard InChI is InChI=1S/C10H8ClN3OS/c1-6-5-12-10(16-6)14-9(15)7-3-2-4-8(11)13-7/h2-5H,1H3,(H,12,14,15). The highest BCUT2D eigenvalue weighted by Crippen LogP contribution is 2.17. The predicted octanol–water partition coefficient (Wildman–Crippen LogP) is 2.75. The number of pyridine rings is 1. The third-order valence-electron chi connectivity index (χ3n) is 1.79. The van der Waals surface area contributed by atoms with Gasteiger partial charge in [-0.3, -0.25) is 10.1 Å². The highest BCUT2D eigenvalue weighted by atomic mass is 35.5. The van der Waals surface area contributed by atoms with Crippen molar-refractivity contribution in [2.24, 2.45) is 0 Å². The fourth-order valence-corrected chi connectivity index (χ4v) is 1.93. The van der Waals surface area contributed by atoms with Crippen molar-refractivity contribution in [1.29, 1.82) is 0 Å². The van der Waals surface area contributed by atoms with Gasteiger partial charge >= 0.3 is 0 Å². The molecule has 0 saturated carbocycles. The summed E-state index contributed by atoms with van der Waals surface area (Å²) in [5, 5.41) is 3.51. The Morgan fingerprint density at radius 2 is 2.31 bits per heavy atom. The summed E-state index contributed by atoms with van der Waals surface area (Å²) in [4.78, 5) is 20.7. The van der Waals surface area contributed by atoms with Gasteiger partial charge in [0.2, 0.25) is 0 Å². The van der Waals surface area contributed by atoms with Gasteiger partial charge < -0.3 is 0 Å². The molecule has 2 aromatic heterocycles. The van der Waals surface area contributed by atoms with Crippen LogP contribution in [-0.4, -0.2) is 15.9 Å². The van der Waals surface area contributed by atoms with Gasteiger partial charge in [0.05, 0.1) is 0 Å². The van der Waals surface area contributed by atoms with Crippen molar-refractivity contribution in [1.82, 2.24) is 9.97 Å². The van der Waals surface area contributed by atoms with Crippen LogP contribution in [0.3, 0.4) is 0 Å². The molecule has 0 saturated heterocycles. The van der Waals surface area contributed by atoms with Crippen LogP contribution in [0, 0.1) is 6.92 Å². The lowest BCUT2D eigenvalue weighted by atomic mass is 10.3. The van der Waals surface area contributed by atoms with Crippen LogP contribution in [0.15, 0.2) is 24.4 Å². The molecular weight excluding hydrogens is 246 g/mol. The van der Waals surface area contributed by atoms with Gasteiger partial charge in [0.25, 0.3) is 5.91 Å². The summed E-state index contributed by atoms with van der Waals surface area (Å²) in [6.45, 7) is 1.92. The molecular formula is C10H8ClN3OS. The Kier molecular flexibility index (Phi) is 3.17. The van der Waals surface area contributed by atoms with Gasteiger partial charge in [0.15, 0.2) is 5.13 Å². The number of nitrogens with zero attached hydrogens (tertiary/aromatic N) is 2. The molecule has 0 unspecified atom stereocenters. The molecule has 0 atom stereocenters. The first-order valence-corrected chi connectivity index (χ1v) is 5.71. The summed E-state index contributed by atoms with van der Waals surface area (Å²) < 4.78 is 0. The average molecular weight is 254 g/mol. The topological polar surface area (TPSA) is 54.9 Å². The second-order valence-corrected chi connectivity index (χ2v) is 4.70. The molecule has 82 valence electrons. The first kappa shape index (κ1) is 11.0. The molecule has 0 fully saturated rings. The zero-order chi connectivity index (χ0) is 11.5. The Morgan fingerprint density at radius 1 is 1.50 bits per heavy atom. The van der Waals surface area contributed by atoms with E-state index in [0.717, 1.165) is 4.88 Å². The minimum absolute atomic E-state index is 0.278. The summed E-state index contributed by atoms with van der Waals surface area (Å²) >= 11 is 7.10. The van der Waals surface area contributed by atoms with Crippen molar-refractivity contribution in [2.75, 3.05) is 5.32 Å². The van der Waals surface area contributed by atoms with E-state index in [1.807, 2.05) is 6.92 Å². The average Bonchev–Trinajstić information content (AvgIpc) is 2.64. The Morgan fingerprint density at radius 3 is 2.94 bits per heavy atom. The van der Waals surface area contributed by atoms with E-state index in [1.165, 1.54) is 11.3 Å². The Labute approximate surface area is 101 Å². The van der Waals surface area contributed by atoms with Crippen LogP contribution >= 0.6 is 22.9 Å². The third kappa shape index (κ3) is 2.56. The number of hydrogen-bond donors (Lipinski definition) is 1. The van der Waals surface area contributed by atoms with Gasteiger partial charge in [-0.05, 0) is 19.1 Å². The van der Waals surface area contributed by atoms with E-state index >= 15 is 0 Å². The fraction of sp³-hybridized carbons (Fsp3) is 0.100. The van der Waals surface area contributed by atoms with Gasteiger partial charge in [-0.25, -0.2) is 9.97 Å². The normalized spacial score (nSPS) is 10.1. The van der Waals surface area contributed by atoms with E-state index < -0.39 is 0 Å². The number of anilines is 1. The molecule has 1 amide bonds. The second kappa shape index (κ2) is 4.59. The molecule has 6 heteroatoms. The van der Waals surface area contributed by atoms with Crippen molar-refractivity contribution in [3.63, 3.8) is 0 Å². The van der Waals surface area contributed by atoms with Crippen LogP contribution in [0.1, 0.15) is 15.4 Å².